The number of hydrogen-bond donors (Lipinski definition) is 1. The number of benzene rings is 1. The SMILES string of the molecule is CCCCCCC=Cc1ccc2cccnc2c1O. The zero-order valence-electron chi connectivity index (χ0n) is 11.5. The molecule has 0 spiro atoms. The normalized spacial score (nSPS) is 11.4. The number of nitrogens with zero attached hydrogens (tertiary/aromatic N) is 1. The van der Waals surface area contributed by atoms with Crippen molar-refractivity contribution in [2.45, 2.75) is 39.0 Å². The van der Waals surface area contributed by atoms with Gasteiger partial charge >= 0.3 is 0 Å². The van der Waals surface area contributed by atoms with E-state index in [1.54, 1.807) is 6.20 Å². The van der Waals surface area contributed by atoms with Crippen molar-refractivity contribution in [3.05, 3.63) is 42.1 Å². The maximum absolute atomic E-state index is 10.2. The van der Waals surface area contributed by atoms with Gasteiger partial charge in [-0.25, -0.2) is 0 Å². The lowest BCUT2D eigenvalue weighted by Gasteiger charge is -2.03. The first-order valence-corrected chi connectivity index (χ1v) is 7.06. The van der Waals surface area contributed by atoms with E-state index in [1.165, 1.54) is 25.7 Å². The molecule has 0 saturated carbocycles. The van der Waals surface area contributed by atoms with Crippen LogP contribution in [0.4, 0.5) is 0 Å². The molecule has 1 aromatic carbocycles. The third-order valence-electron chi connectivity index (χ3n) is 3.30. The molecule has 1 aromatic heterocycles. The second kappa shape index (κ2) is 6.93. The second-order valence-corrected chi connectivity index (χ2v) is 4.83. The molecule has 2 aromatic rings. The van der Waals surface area contributed by atoms with Gasteiger partial charge in [-0.05, 0) is 18.9 Å². The molecule has 2 rings (SSSR count). The van der Waals surface area contributed by atoms with Gasteiger partial charge < -0.3 is 5.11 Å². The van der Waals surface area contributed by atoms with Crippen molar-refractivity contribution >= 4 is 17.0 Å². The van der Waals surface area contributed by atoms with Crippen LogP contribution in [0, 0.1) is 0 Å². The van der Waals surface area contributed by atoms with Gasteiger partial charge in [-0.3, -0.25) is 4.98 Å². The van der Waals surface area contributed by atoms with Crippen LogP contribution in [-0.4, -0.2) is 10.1 Å². The molecule has 0 aliphatic heterocycles. The molecule has 100 valence electrons. The molecule has 0 amide bonds. The summed E-state index contributed by atoms with van der Waals surface area (Å²) >= 11 is 0. The molecule has 0 aliphatic rings. The Labute approximate surface area is 114 Å². The Balaban J connectivity index is 2.04. The molecule has 0 fully saturated rings. The molecular weight excluding hydrogens is 234 g/mol. The van der Waals surface area contributed by atoms with Crippen molar-refractivity contribution in [3.63, 3.8) is 0 Å². The average molecular weight is 255 g/mol. The number of phenolic OH excluding ortho intramolecular Hbond substituents is 1. The molecule has 1 heterocycles. The Morgan fingerprint density at radius 1 is 1.16 bits per heavy atom. The van der Waals surface area contributed by atoms with E-state index in [-0.39, 0.29) is 5.75 Å². The van der Waals surface area contributed by atoms with Crippen LogP contribution in [0.15, 0.2) is 36.5 Å². The van der Waals surface area contributed by atoms with Crippen LogP contribution in [0.3, 0.4) is 0 Å². The molecule has 0 aliphatic carbocycles. The van der Waals surface area contributed by atoms with Crippen molar-refractivity contribution in [2.75, 3.05) is 0 Å². The predicted molar refractivity (Wildman–Crippen MR) is 81.2 cm³/mol. The van der Waals surface area contributed by atoms with Crippen molar-refractivity contribution in [3.8, 4) is 5.75 Å². The minimum absolute atomic E-state index is 0.280. The number of rotatable bonds is 6. The molecular formula is C17H21NO. The maximum Gasteiger partial charge on any atom is 0.148 e. The Kier molecular flexibility index (Phi) is 4.96. The van der Waals surface area contributed by atoms with Gasteiger partial charge in [-0.1, -0.05) is 56.5 Å². The highest BCUT2D eigenvalue weighted by Gasteiger charge is 2.04. The number of pyridine rings is 1. The molecule has 1 N–H and O–H groups in total. The summed E-state index contributed by atoms with van der Waals surface area (Å²) < 4.78 is 0. The summed E-state index contributed by atoms with van der Waals surface area (Å²) in [6.07, 6.45) is 12.0. The standard InChI is InChI=1S/C17H21NO/c1-2-3-4-5-6-7-9-15-12-11-14-10-8-13-18-16(14)17(15)19/h7-13,19H,2-6H2,1H3. The summed E-state index contributed by atoms with van der Waals surface area (Å²) in [5.74, 6) is 0.280. The van der Waals surface area contributed by atoms with Gasteiger partial charge in [-0.15, -0.1) is 0 Å². The van der Waals surface area contributed by atoms with Gasteiger partial charge in [0.1, 0.15) is 11.3 Å². The Hall–Kier alpha value is -1.83. The average Bonchev–Trinajstić information content (AvgIpc) is 2.45. The lowest BCUT2D eigenvalue weighted by molar-refractivity contribution is 0.479. The van der Waals surface area contributed by atoms with Crippen LogP contribution in [-0.2, 0) is 0 Å². The second-order valence-electron chi connectivity index (χ2n) is 4.83. The van der Waals surface area contributed by atoms with Crippen molar-refractivity contribution in [1.29, 1.82) is 0 Å². The van der Waals surface area contributed by atoms with E-state index in [0.717, 1.165) is 17.4 Å². The summed E-state index contributed by atoms with van der Waals surface area (Å²) in [6, 6.07) is 7.78. The number of aromatic hydroxyl groups is 1. The number of allylic oxidation sites excluding steroid dienone is 1. The predicted octanol–water partition coefficient (Wildman–Crippen LogP) is 4.92. The molecule has 0 radical (unpaired) electrons. The summed E-state index contributed by atoms with van der Waals surface area (Å²) in [5, 5.41) is 11.1. The zero-order chi connectivity index (χ0) is 13.5. The third-order valence-corrected chi connectivity index (χ3v) is 3.30. The molecule has 2 nitrogen and oxygen atoms in total. The first kappa shape index (κ1) is 13.6. The lowest BCUT2D eigenvalue weighted by atomic mass is 10.1. The molecule has 0 bridgehead atoms. The molecule has 0 atom stereocenters. The first-order valence-electron chi connectivity index (χ1n) is 7.06. The quantitative estimate of drug-likeness (QED) is 0.743. The minimum atomic E-state index is 0.280. The van der Waals surface area contributed by atoms with Crippen molar-refractivity contribution < 1.29 is 5.11 Å². The third kappa shape index (κ3) is 3.57. The smallest absolute Gasteiger partial charge is 0.148 e. The summed E-state index contributed by atoms with van der Waals surface area (Å²) in [4.78, 5) is 4.23. The molecule has 2 heteroatoms. The van der Waals surface area contributed by atoms with Crippen LogP contribution >= 0.6 is 0 Å². The van der Waals surface area contributed by atoms with Crippen LogP contribution in [0.5, 0.6) is 5.75 Å². The summed E-state index contributed by atoms with van der Waals surface area (Å²) in [5.41, 5.74) is 1.53. The fraction of sp³-hybridized carbons (Fsp3) is 0.353. The fourth-order valence-corrected chi connectivity index (χ4v) is 2.18. The van der Waals surface area contributed by atoms with Gasteiger partial charge in [0.2, 0.25) is 0 Å². The molecule has 0 unspecified atom stereocenters. The monoisotopic (exact) mass is 255 g/mol. The van der Waals surface area contributed by atoms with E-state index in [4.69, 9.17) is 0 Å². The van der Waals surface area contributed by atoms with Crippen LogP contribution in [0.2, 0.25) is 0 Å². The first-order chi connectivity index (χ1) is 9.33. The number of aromatic nitrogens is 1. The number of fused-ring (bicyclic) bond motifs is 1. The highest BCUT2D eigenvalue weighted by atomic mass is 16.3. The fourth-order valence-electron chi connectivity index (χ4n) is 2.18. The van der Waals surface area contributed by atoms with Gasteiger partial charge in [0.15, 0.2) is 0 Å². The number of unbranched alkanes of at least 4 members (excludes halogenated alkanes) is 4. The van der Waals surface area contributed by atoms with E-state index in [0.29, 0.717) is 5.52 Å². The highest BCUT2D eigenvalue weighted by Crippen LogP contribution is 2.27. The lowest BCUT2D eigenvalue weighted by Crippen LogP contribution is -1.82. The summed E-state index contributed by atoms with van der Waals surface area (Å²) in [6.45, 7) is 2.22. The van der Waals surface area contributed by atoms with Crippen LogP contribution in [0.1, 0.15) is 44.6 Å². The zero-order valence-corrected chi connectivity index (χ0v) is 11.5. The van der Waals surface area contributed by atoms with Crippen LogP contribution in [0.25, 0.3) is 17.0 Å². The van der Waals surface area contributed by atoms with Gasteiger partial charge in [0, 0.05) is 17.1 Å². The van der Waals surface area contributed by atoms with E-state index in [9.17, 15) is 5.11 Å². The minimum Gasteiger partial charge on any atom is -0.505 e. The highest BCUT2D eigenvalue weighted by molar-refractivity contribution is 5.87. The molecule has 19 heavy (non-hydrogen) atoms. The number of hydrogen-bond acceptors (Lipinski definition) is 2. The van der Waals surface area contributed by atoms with E-state index >= 15 is 0 Å². The van der Waals surface area contributed by atoms with Crippen molar-refractivity contribution in [1.82, 2.24) is 4.98 Å². The van der Waals surface area contributed by atoms with Gasteiger partial charge in [-0.2, -0.15) is 0 Å². The molecule has 0 saturated heterocycles. The topological polar surface area (TPSA) is 33.1 Å². The number of phenols is 1. The van der Waals surface area contributed by atoms with Gasteiger partial charge in [0.25, 0.3) is 0 Å². The van der Waals surface area contributed by atoms with Crippen LogP contribution < -0.4 is 0 Å². The van der Waals surface area contributed by atoms with E-state index in [2.05, 4.69) is 18.0 Å². The Bertz CT molecular complexity index is 560. The van der Waals surface area contributed by atoms with Crippen molar-refractivity contribution in [2.24, 2.45) is 0 Å². The maximum atomic E-state index is 10.2. The van der Waals surface area contributed by atoms with Gasteiger partial charge in [0.05, 0.1) is 0 Å². The van der Waals surface area contributed by atoms with E-state index in [1.807, 2.05) is 30.3 Å². The van der Waals surface area contributed by atoms with E-state index < -0.39 is 0 Å². The largest absolute Gasteiger partial charge is 0.505 e. The summed E-state index contributed by atoms with van der Waals surface area (Å²) in [7, 11) is 0. The Morgan fingerprint density at radius 2 is 2.05 bits per heavy atom. The Morgan fingerprint density at radius 3 is 2.89 bits per heavy atom.